The molecule has 0 aromatic carbocycles. The van der Waals surface area contributed by atoms with Crippen molar-refractivity contribution in [2.24, 2.45) is 5.73 Å². The zero-order valence-electron chi connectivity index (χ0n) is 9.05. The van der Waals surface area contributed by atoms with Gasteiger partial charge in [-0.2, -0.15) is 0 Å². The van der Waals surface area contributed by atoms with Gasteiger partial charge >= 0.3 is 0 Å². The second-order valence-electron chi connectivity index (χ2n) is 4.26. The third-order valence-electron chi connectivity index (χ3n) is 3.10. The first-order valence-corrected chi connectivity index (χ1v) is 5.13. The van der Waals surface area contributed by atoms with Crippen molar-refractivity contribution in [2.45, 2.75) is 38.3 Å². The SMILES string of the molecule is COC1(CN)CCCN(C(C)C)C1. The Morgan fingerprint density at radius 3 is 2.69 bits per heavy atom. The fourth-order valence-corrected chi connectivity index (χ4v) is 1.99. The summed E-state index contributed by atoms with van der Waals surface area (Å²) < 4.78 is 5.54. The molecule has 1 fully saturated rings. The molecule has 1 unspecified atom stereocenters. The highest BCUT2D eigenvalue weighted by Gasteiger charge is 2.34. The van der Waals surface area contributed by atoms with Crippen molar-refractivity contribution in [2.75, 3.05) is 26.7 Å². The van der Waals surface area contributed by atoms with Crippen LogP contribution in [0, 0.1) is 0 Å². The van der Waals surface area contributed by atoms with Crippen LogP contribution in [-0.2, 0) is 4.74 Å². The first-order chi connectivity index (χ1) is 6.13. The summed E-state index contributed by atoms with van der Waals surface area (Å²) in [5, 5.41) is 0. The largest absolute Gasteiger partial charge is 0.376 e. The van der Waals surface area contributed by atoms with Crippen LogP contribution in [0.2, 0.25) is 0 Å². The van der Waals surface area contributed by atoms with Crippen LogP contribution in [0.25, 0.3) is 0 Å². The fourth-order valence-electron chi connectivity index (χ4n) is 1.99. The van der Waals surface area contributed by atoms with Gasteiger partial charge in [0.05, 0.1) is 5.60 Å². The number of nitrogens with two attached hydrogens (primary N) is 1. The quantitative estimate of drug-likeness (QED) is 0.709. The molecule has 1 rings (SSSR count). The van der Waals surface area contributed by atoms with E-state index >= 15 is 0 Å². The van der Waals surface area contributed by atoms with E-state index in [2.05, 4.69) is 18.7 Å². The van der Waals surface area contributed by atoms with E-state index < -0.39 is 0 Å². The maximum absolute atomic E-state index is 5.76. The lowest BCUT2D eigenvalue weighted by molar-refractivity contribution is -0.0643. The van der Waals surface area contributed by atoms with Crippen LogP contribution in [0.1, 0.15) is 26.7 Å². The van der Waals surface area contributed by atoms with Gasteiger partial charge in [-0.1, -0.05) is 0 Å². The molecule has 0 aromatic heterocycles. The topological polar surface area (TPSA) is 38.5 Å². The Morgan fingerprint density at radius 2 is 2.23 bits per heavy atom. The van der Waals surface area contributed by atoms with Crippen LogP contribution in [0.5, 0.6) is 0 Å². The van der Waals surface area contributed by atoms with E-state index in [-0.39, 0.29) is 5.60 Å². The van der Waals surface area contributed by atoms with Crippen LogP contribution in [0.4, 0.5) is 0 Å². The summed E-state index contributed by atoms with van der Waals surface area (Å²) in [7, 11) is 1.77. The van der Waals surface area contributed by atoms with Gasteiger partial charge in [0.2, 0.25) is 0 Å². The number of rotatable bonds is 3. The van der Waals surface area contributed by atoms with E-state index in [1.165, 1.54) is 13.0 Å². The van der Waals surface area contributed by atoms with Crippen molar-refractivity contribution in [3.63, 3.8) is 0 Å². The maximum atomic E-state index is 5.76. The number of ether oxygens (including phenoxy) is 1. The van der Waals surface area contributed by atoms with E-state index in [0.29, 0.717) is 12.6 Å². The average molecular weight is 186 g/mol. The van der Waals surface area contributed by atoms with Gasteiger partial charge in [-0.3, -0.25) is 4.90 Å². The number of methoxy groups -OCH3 is 1. The number of hydrogen-bond acceptors (Lipinski definition) is 3. The monoisotopic (exact) mass is 186 g/mol. The number of nitrogens with zero attached hydrogens (tertiary/aromatic N) is 1. The minimum atomic E-state index is -0.0808. The summed E-state index contributed by atoms with van der Waals surface area (Å²) in [6.45, 7) is 7.25. The molecule has 13 heavy (non-hydrogen) atoms. The highest BCUT2D eigenvalue weighted by molar-refractivity contribution is 4.90. The van der Waals surface area contributed by atoms with Crippen molar-refractivity contribution in [1.82, 2.24) is 4.90 Å². The minimum Gasteiger partial charge on any atom is -0.376 e. The summed E-state index contributed by atoms with van der Waals surface area (Å²) in [6.07, 6.45) is 2.30. The second-order valence-corrected chi connectivity index (χ2v) is 4.26. The highest BCUT2D eigenvalue weighted by Crippen LogP contribution is 2.24. The molecule has 2 N–H and O–H groups in total. The predicted octanol–water partition coefficient (Wildman–Crippen LogP) is 0.834. The van der Waals surface area contributed by atoms with Crippen LogP contribution in [0.15, 0.2) is 0 Å². The van der Waals surface area contributed by atoms with Gasteiger partial charge in [0.15, 0.2) is 0 Å². The molecule has 0 spiro atoms. The summed E-state index contributed by atoms with van der Waals surface area (Å²) in [5.74, 6) is 0. The second kappa shape index (κ2) is 4.40. The number of piperidine rings is 1. The zero-order valence-corrected chi connectivity index (χ0v) is 9.05. The first-order valence-electron chi connectivity index (χ1n) is 5.13. The van der Waals surface area contributed by atoms with E-state index in [1.54, 1.807) is 7.11 Å². The Kier molecular flexibility index (Phi) is 3.71. The van der Waals surface area contributed by atoms with Crippen LogP contribution >= 0.6 is 0 Å². The lowest BCUT2D eigenvalue weighted by atomic mass is 9.92. The fraction of sp³-hybridized carbons (Fsp3) is 1.00. The van der Waals surface area contributed by atoms with Gasteiger partial charge < -0.3 is 10.5 Å². The van der Waals surface area contributed by atoms with Gasteiger partial charge in [-0.05, 0) is 33.2 Å². The van der Waals surface area contributed by atoms with Crippen molar-refractivity contribution in [3.05, 3.63) is 0 Å². The van der Waals surface area contributed by atoms with Crippen LogP contribution in [-0.4, -0.2) is 43.3 Å². The zero-order chi connectivity index (χ0) is 9.90. The van der Waals surface area contributed by atoms with E-state index in [4.69, 9.17) is 10.5 Å². The van der Waals surface area contributed by atoms with Gasteiger partial charge in [-0.15, -0.1) is 0 Å². The van der Waals surface area contributed by atoms with Crippen LogP contribution in [0.3, 0.4) is 0 Å². The highest BCUT2D eigenvalue weighted by atomic mass is 16.5. The molecule has 0 saturated carbocycles. The third kappa shape index (κ3) is 2.42. The van der Waals surface area contributed by atoms with E-state index in [1.807, 2.05) is 0 Å². The predicted molar refractivity (Wildman–Crippen MR) is 54.7 cm³/mol. The minimum absolute atomic E-state index is 0.0808. The Morgan fingerprint density at radius 1 is 1.54 bits per heavy atom. The normalized spacial score (nSPS) is 31.2. The molecule has 0 amide bonds. The van der Waals surface area contributed by atoms with Crippen molar-refractivity contribution < 1.29 is 4.74 Å². The number of likely N-dealkylation sites (tertiary alicyclic amines) is 1. The molecule has 0 bridgehead atoms. The molecule has 1 saturated heterocycles. The summed E-state index contributed by atoms with van der Waals surface area (Å²) in [5.41, 5.74) is 5.68. The molecule has 3 heteroatoms. The molecule has 3 nitrogen and oxygen atoms in total. The Hall–Kier alpha value is -0.120. The summed E-state index contributed by atoms with van der Waals surface area (Å²) in [6, 6.07) is 0.598. The molecule has 0 radical (unpaired) electrons. The molecule has 1 heterocycles. The third-order valence-corrected chi connectivity index (χ3v) is 3.10. The molecule has 78 valence electrons. The maximum Gasteiger partial charge on any atom is 0.0926 e. The molecule has 0 aromatic rings. The van der Waals surface area contributed by atoms with Crippen LogP contribution < -0.4 is 5.73 Å². The standard InChI is InChI=1S/C10H22N2O/c1-9(2)12-6-4-5-10(7-11,8-12)13-3/h9H,4-8,11H2,1-3H3. The smallest absolute Gasteiger partial charge is 0.0926 e. The van der Waals surface area contributed by atoms with E-state index in [9.17, 15) is 0 Å². The molecule has 1 atom stereocenters. The van der Waals surface area contributed by atoms with Crippen molar-refractivity contribution in [1.29, 1.82) is 0 Å². The first kappa shape index (κ1) is 11.0. The van der Waals surface area contributed by atoms with Crippen molar-refractivity contribution >= 4 is 0 Å². The number of hydrogen-bond donors (Lipinski definition) is 1. The van der Waals surface area contributed by atoms with Gasteiger partial charge in [0, 0.05) is 26.2 Å². The van der Waals surface area contributed by atoms with Gasteiger partial charge in [0.1, 0.15) is 0 Å². The molecule has 0 aliphatic carbocycles. The van der Waals surface area contributed by atoms with Gasteiger partial charge in [-0.25, -0.2) is 0 Å². The summed E-state index contributed by atoms with van der Waals surface area (Å²) >= 11 is 0. The summed E-state index contributed by atoms with van der Waals surface area (Å²) in [4.78, 5) is 2.44. The van der Waals surface area contributed by atoms with Crippen molar-refractivity contribution in [3.8, 4) is 0 Å². The van der Waals surface area contributed by atoms with Gasteiger partial charge in [0.25, 0.3) is 0 Å². The Bertz CT molecular complexity index is 155. The lowest BCUT2D eigenvalue weighted by Gasteiger charge is -2.42. The Balaban J connectivity index is 2.58. The molecule has 1 aliphatic heterocycles. The Labute approximate surface area is 81.2 Å². The average Bonchev–Trinajstić information content (AvgIpc) is 2.18. The molecular formula is C10H22N2O. The molecule has 1 aliphatic rings. The lowest BCUT2D eigenvalue weighted by Crippen LogP contribution is -2.55. The molecular weight excluding hydrogens is 164 g/mol. The van der Waals surface area contributed by atoms with E-state index in [0.717, 1.165) is 13.0 Å².